The van der Waals surface area contributed by atoms with E-state index in [-0.39, 0.29) is 17.1 Å². The van der Waals surface area contributed by atoms with E-state index >= 15 is 0 Å². The Morgan fingerprint density at radius 1 is 1.50 bits per heavy atom. The van der Waals surface area contributed by atoms with Crippen LogP contribution in [0, 0.1) is 11.3 Å². The minimum Gasteiger partial charge on any atom is -0.298 e. The third kappa shape index (κ3) is 2.03. The molecule has 12 heavy (non-hydrogen) atoms. The minimum atomic E-state index is -0.248. The van der Waals surface area contributed by atoms with Crippen molar-refractivity contribution in [2.75, 3.05) is 6.54 Å². The topological polar surface area (TPSA) is 29.4 Å². The van der Waals surface area contributed by atoms with Crippen LogP contribution in [0.25, 0.3) is 0 Å². The van der Waals surface area contributed by atoms with Crippen LogP contribution in [0.5, 0.6) is 0 Å². The second-order valence-electron chi connectivity index (χ2n) is 4.12. The molecule has 0 aliphatic carbocycles. The molecule has 0 fully saturated rings. The lowest BCUT2D eigenvalue weighted by Gasteiger charge is -2.22. The van der Waals surface area contributed by atoms with Crippen molar-refractivity contribution in [2.45, 2.75) is 20.8 Å². The zero-order valence-electron chi connectivity index (χ0n) is 7.87. The molecule has 0 N–H and O–H groups in total. The van der Waals surface area contributed by atoms with Gasteiger partial charge in [0.1, 0.15) is 5.78 Å². The van der Waals surface area contributed by atoms with Crippen LogP contribution in [0.3, 0.4) is 0 Å². The largest absolute Gasteiger partial charge is 0.298 e. The third-order valence-corrected chi connectivity index (χ3v) is 1.91. The van der Waals surface area contributed by atoms with Gasteiger partial charge in [0, 0.05) is 11.6 Å². The van der Waals surface area contributed by atoms with Crippen LogP contribution >= 0.6 is 0 Å². The summed E-state index contributed by atoms with van der Waals surface area (Å²) in [7, 11) is 0. The van der Waals surface area contributed by atoms with Crippen molar-refractivity contribution >= 4 is 12.0 Å². The van der Waals surface area contributed by atoms with E-state index in [0.29, 0.717) is 6.54 Å². The molecule has 0 saturated carbocycles. The molecule has 0 spiro atoms. The first-order valence-corrected chi connectivity index (χ1v) is 4.23. The van der Waals surface area contributed by atoms with Gasteiger partial charge in [-0.3, -0.25) is 9.79 Å². The zero-order chi connectivity index (χ0) is 9.19. The molecule has 0 radical (unpaired) electrons. The first-order valence-electron chi connectivity index (χ1n) is 4.23. The summed E-state index contributed by atoms with van der Waals surface area (Å²) >= 11 is 0. The van der Waals surface area contributed by atoms with Crippen LogP contribution in [0.1, 0.15) is 20.8 Å². The number of carbonyl (C=O) groups excluding carboxylic acids is 1. The number of Topliss-reactive ketones (excluding diaryl/α,β-unsaturated/α-hetero) is 1. The summed E-state index contributed by atoms with van der Waals surface area (Å²) in [6.45, 7) is 6.46. The van der Waals surface area contributed by atoms with E-state index in [2.05, 4.69) is 4.99 Å². The van der Waals surface area contributed by atoms with E-state index in [1.54, 1.807) is 6.21 Å². The maximum Gasteiger partial charge on any atom is 0.146 e. The molecule has 0 amide bonds. The van der Waals surface area contributed by atoms with E-state index in [0.717, 1.165) is 0 Å². The number of rotatable bonds is 1. The Kier molecular flexibility index (Phi) is 2.46. The molecule has 66 valence electrons. The first-order chi connectivity index (χ1) is 5.52. The number of aliphatic imine (C=N–C) groups is 1. The zero-order valence-corrected chi connectivity index (χ0v) is 7.87. The van der Waals surface area contributed by atoms with Gasteiger partial charge in [-0.25, -0.2) is 0 Å². The van der Waals surface area contributed by atoms with Gasteiger partial charge in [0.15, 0.2) is 0 Å². The van der Waals surface area contributed by atoms with Crippen LogP contribution in [-0.2, 0) is 4.79 Å². The quantitative estimate of drug-likeness (QED) is 0.583. The monoisotopic (exact) mass is 165 g/mol. The second kappa shape index (κ2) is 3.21. The molecule has 0 aromatic carbocycles. The van der Waals surface area contributed by atoms with Gasteiger partial charge in [-0.2, -0.15) is 0 Å². The van der Waals surface area contributed by atoms with Gasteiger partial charge in [0.25, 0.3) is 0 Å². The summed E-state index contributed by atoms with van der Waals surface area (Å²) in [5.41, 5.74) is -0.248. The molecule has 2 heteroatoms. The molecule has 1 heterocycles. The highest BCUT2D eigenvalue weighted by atomic mass is 16.1. The summed E-state index contributed by atoms with van der Waals surface area (Å²) in [6.07, 6.45) is 5.52. The fourth-order valence-electron chi connectivity index (χ4n) is 1.21. The van der Waals surface area contributed by atoms with E-state index in [1.807, 2.05) is 32.9 Å². The Labute approximate surface area is 73.4 Å². The van der Waals surface area contributed by atoms with Gasteiger partial charge in [-0.15, -0.1) is 0 Å². The van der Waals surface area contributed by atoms with Crippen LogP contribution < -0.4 is 0 Å². The van der Waals surface area contributed by atoms with Crippen molar-refractivity contribution in [1.29, 1.82) is 0 Å². The summed E-state index contributed by atoms with van der Waals surface area (Å²) in [5, 5.41) is 0. The Bertz CT molecular complexity index is 233. The first kappa shape index (κ1) is 9.17. The number of ketones is 1. The highest BCUT2D eigenvalue weighted by Gasteiger charge is 2.27. The maximum absolute atomic E-state index is 11.7. The number of nitrogens with zero attached hydrogens (tertiary/aromatic N) is 1. The standard InChI is InChI=1S/C10H15NO/c1-10(2,3)9(12)8-5-4-6-11-7-8/h4-6,8H,7H2,1-3H3. The summed E-state index contributed by atoms with van der Waals surface area (Å²) in [4.78, 5) is 15.8. The molecular weight excluding hydrogens is 150 g/mol. The normalized spacial score (nSPS) is 22.8. The molecule has 1 aliphatic rings. The average molecular weight is 165 g/mol. The van der Waals surface area contributed by atoms with Crippen LogP contribution in [0.4, 0.5) is 0 Å². The van der Waals surface area contributed by atoms with Gasteiger partial charge in [0.2, 0.25) is 0 Å². The Balaban J connectivity index is 2.66. The SMILES string of the molecule is CC(C)(C)C(=O)C1C=CC=NC1. The van der Waals surface area contributed by atoms with Crippen molar-refractivity contribution in [3.8, 4) is 0 Å². The molecule has 1 unspecified atom stereocenters. The lowest BCUT2D eigenvalue weighted by Crippen LogP contribution is -2.29. The molecule has 0 bridgehead atoms. The lowest BCUT2D eigenvalue weighted by atomic mass is 9.82. The van der Waals surface area contributed by atoms with Crippen molar-refractivity contribution < 1.29 is 4.79 Å². The Hall–Kier alpha value is -0.920. The third-order valence-electron chi connectivity index (χ3n) is 1.91. The predicted molar refractivity (Wildman–Crippen MR) is 50.5 cm³/mol. The number of hydrogen-bond donors (Lipinski definition) is 0. The Morgan fingerprint density at radius 2 is 2.17 bits per heavy atom. The van der Waals surface area contributed by atoms with E-state index < -0.39 is 0 Å². The van der Waals surface area contributed by atoms with E-state index in [1.165, 1.54) is 0 Å². The average Bonchev–Trinajstić information content (AvgIpc) is 2.03. The second-order valence-corrected chi connectivity index (χ2v) is 4.12. The highest BCUT2D eigenvalue weighted by Crippen LogP contribution is 2.22. The fourth-order valence-corrected chi connectivity index (χ4v) is 1.21. The highest BCUT2D eigenvalue weighted by molar-refractivity contribution is 5.89. The van der Waals surface area contributed by atoms with Gasteiger partial charge in [-0.1, -0.05) is 26.8 Å². The lowest BCUT2D eigenvalue weighted by molar-refractivity contribution is -0.128. The summed E-state index contributed by atoms with van der Waals surface area (Å²) < 4.78 is 0. The number of hydrogen-bond acceptors (Lipinski definition) is 2. The molecule has 0 saturated heterocycles. The van der Waals surface area contributed by atoms with Gasteiger partial charge < -0.3 is 0 Å². The fraction of sp³-hybridized carbons (Fsp3) is 0.600. The number of dihydropyridines is 1. The van der Waals surface area contributed by atoms with Crippen LogP contribution in [0.2, 0.25) is 0 Å². The van der Waals surface area contributed by atoms with Crippen molar-refractivity contribution in [2.24, 2.45) is 16.3 Å². The molecule has 1 atom stereocenters. The molecule has 0 aromatic rings. The van der Waals surface area contributed by atoms with E-state index in [4.69, 9.17) is 0 Å². The van der Waals surface area contributed by atoms with E-state index in [9.17, 15) is 4.79 Å². The molecule has 1 aliphatic heterocycles. The number of carbonyl (C=O) groups is 1. The van der Waals surface area contributed by atoms with Crippen LogP contribution in [-0.4, -0.2) is 18.5 Å². The minimum absolute atomic E-state index is 0.00463. The van der Waals surface area contributed by atoms with Crippen molar-refractivity contribution in [3.05, 3.63) is 12.2 Å². The van der Waals surface area contributed by atoms with Gasteiger partial charge in [-0.05, 0) is 6.08 Å². The maximum atomic E-state index is 11.7. The predicted octanol–water partition coefficient (Wildman–Crippen LogP) is 1.86. The van der Waals surface area contributed by atoms with Gasteiger partial charge >= 0.3 is 0 Å². The molecule has 0 aromatic heterocycles. The molecule has 1 rings (SSSR count). The van der Waals surface area contributed by atoms with Gasteiger partial charge in [0.05, 0.1) is 12.5 Å². The molecule has 2 nitrogen and oxygen atoms in total. The molecular formula is C10H15NO. The number of allylic oxidation sites excluding steroid dienone is 1. The summed E-state index contributed by atoms with van der Waals surface area (Å²) in [5.74, 6) is 0.269. The van der Waals surface area contributed by atoms with Crippen molar-refractivity contribution in [1.82, 2.24) is 0 Å². The van der Waals surface area contributed by atoms with Crippen LogP contribution in [0.15, 0.2) is 17.1 Å². The van der Waals surface area contributed by atoms with Crippen molar-refractivity contribution in [3.63, 3.8) is 0 Å². The smallest absolute Gasteiger partial charge is 0.146 e. The summed E-state index contributed by atoms with van der Waals surface area (Å²) in [6, 6.07) is 0. The Morgan fingerprint density at radius 3 is 2.58 bits per heavy atom.